The van der Waals surface area contributed by atoms with Crippen molar-refractivity contribution in [2.24, 2.45) is 0 Å². The minimum Gasteiger partial charge on any atom is -0.336 e. The van der Waals surface area contributed by atoms with E-state index in [9.17, 15) is 8.42 Å². The fourth-order valence-electron chi connectivity index (χ4n) is 1.77. The Morgan fingerprint density at radius 3 is 2.90 bits per heavy atom. The standard InChI is InChI=1S/C13H14N4O2S/c1-11-2-3-12(9-14)8-13(11)20(18,19)16-5-7-17-6-4-15-10-17/h2-4,6,8,10,16H,5,7H2,1H3. The summed E-state index contributed by atoms with van der Waals surface area (Å²) in [6, 6.07) is 6.55. The molecule has 0 saturated carbocycles. The molecular weight excluding hydrogens is 276 g/mol. The zero-order valence-corrected chi connectivity index (χ0v) is 11.8. The highest BCUT2D eigenvalue weighted by molar-refractivity contribution is 7.89. The van der Waals surface area contributed by atoms with E-state index in [0.717, 1.165) is 0 Å². The molecule has 104 valence electrons. The largest absolute Gasteiger partial charge is 0.336 e. The van der Waals surface area contributed by atoms with Gasteiger partial charge in [0.15, 0.2) is 0 Å². The molecule has 2 aromatic rings. The Morgan fingerprint density at radius 1 is 1.45 bits per heavy atom. The molecule has 7 heteroatoms. The first-order valence-electron chi connectivity index (χ1n) is 5.99. The van der Waals surface area contributed by atoms with Crippen molar-refractivity contribution in [2.75, 3.05) is 6.54 Å². The van der Waals surface area contributed by atoms with Crippen LogP contribution in [-0.2, 0) is 16.6 Å². The summed E-state index contributed by atoms with van der Waals surface area (Å²) in [5, 5.41) is 8.84. The molecule has 1 heterocycles. The summed E-state index contributed by atoms with van der Waals surface area (Å²) in [6.07, 6.45) is 5.01. The SMILES string of the molecule is Cc1ccc(C#N)cc1S(=O)(=O)NCCn1ccnc1. The van der Waals surface area contributed by atoms with Gasteiger partial charge >= 0.3 is 0 Å². The van der Waals surface area contributed by atoms with Gasteiger partial charge in [0.1, 0.15) is 0 Å². The zero-order chi connectivity index (χ0) is 14.6. The van der Waals surface area contributed by atoms with Gasteiger partial charge in [0.05, 0.1) is 22.9 Å². The molecule has 0 spiro atoms. The molecule has 0 amide bonds. The van der Waals surface area contributed by atoms with Crippen molar-refractivity contribution >= 4 is 10.0 Å². The lowest BCUT2D eigenvalue weighted by atomic mass is 10.2. The maximum absolute atomic E-state index is 12.2. The van der Waals surface area contributed by atoms with Gasteiger partial charge in [0.2, 0.25) is 10.0 Å². The predicted octanol–water partition coefficient (Wildman–Crippen LogP) is 1.04. The number of nitriles is 1. The van der Waals surface area contributed by atoms with Crippen LogP contribution in [0.3, 0.4) is 0 Å². The average molecular weight is 290 g/mol. The average Bonchev–Trinajstić information content (AvgIpc) is 2.92. The van der Waals surface area contributed by atoms with Crippen molar-refractivity contribution in [3.8, 4) is 6.07 Å². The third kappa shape index (κ3) is 3.23. The maximum atomic E-state index is 12.2. The molecule has 0 unspecified atom stereocenters. The lowest BCUT2D eigenvalue weighted by molar-refractivity contribution is 0.572. The molecule has 1 aromatic heterocycles. The van der Waals surface area contributed by atoms with Crippen LogP contribution in [0, 0.1) is 18.3 Å². The number of aromatic nitrogens is 2. The first-order valence-corrected chi connectivity index (χ1v) is 7.47. The van der Waals surface area contributed by atoms with Crippen LogP contribution in [0.4, 0.5) is 0 Å². The normalized spacial score (nSPS) is 11.2. The monoisotopic (exact) mass is 290 g/mol. The molecular formula is C13H14N4O2S. The smallest absolute Gasteiger partial charge is 0.240 e. The Hall–Kier alpha value is -2.17. The van der Waals surface area contributed by atoms with Crippen LogP contribution in [0.15, 0.2) is 41.8 Å². The second-order valence-electron chi connectivity index (χ2n) is 4.29. The molecule has 2 rings (SSSR count). The topological polar surface area (TPSA) is 87.8 Å². The summed E-state index contributed by atoms with van der Waals surface area (Å²) in [5.41, 5.74) is 0.935. The molecule has 1 aromatic carbocycles. The van der Waals surface area contributed by atoms with Crippen molar-refractivity contribution in [3.63, 3.8) is 0 Å². The van der Waals surface area contributed by atoms with Gasteiger partial charge in [-0.3, -0.25) is 0 Å². The highest BCUT2D eigenvalue weighted by Gasteiger charge is 2.16. The highest BCUT2D eigenvalue weighted by atomic mass is 32.2. The van der Waals surface area contributed by atoms with E-state index in [4.69, 9.17) is 5.26 Å². The Morgan fingerprint density at radius 2 is 2.25 bits per heavy atom. The van der Waals surface area contributed by atoms with Gasteiger partial charge in [0, 0.05) is 25.5 Å². The number of hydrogen-bond acceptors (Lipinski definition) is 4. The Labute approximate surface area is 117 Å². The Kier molecular flexibility index (Phi) is 4.17. The molecule has 0 aliphatic heterocycles. The van der Waals surface area contributed by atoms with Crippen molar-refractivity contribution in [1.29, 1.82) is 5.26 Å². The van der Waals surface area contributed by atoms with Gasteiger partial charge in [-0.05, 0) is 24.6 Å². The van der Waals surface area contributed by atoms with Crippen LogP contribution < -0.4 is 4.72 Å². The van der Waals surface area contributed by atoms with E-state index in [1.54, 1.807) is 42.3 Å². The van der Waals surface area contributed by atoms with E-state index >= 15 is 0 Å². The molecule has 0 fully saturated rings. The second-order valence-corrected chi connectivity index (χ2v) is 6.03. The number of nitrogens with zero attached hydrogens (tertiary/aromatic N) is 3. The first-order chi connectivity index (χ1) is 9.53. The van der Waals surface area contributed by atoms with Crippen molar-refractivity contribution in [1.82, 2.24) is 14.3 Å². The van der Waals surface area contributed by atoms with Crippen LogP contribution in [-0.4, -0.2) is 24.5 Å². The van der Waals surface area contributed by atoms with E-state index in [1.807, 2.05) is 6.07 Å². The van der Waals surface area contributed by atoms with E-state index < -0.39 is 10.0 Å². The van der Waals surface area contributed by atoms with Crippen LogP contribution >= 0.6 is 0 Å². The molecule has 0 aliphatic rings. The summed E-state index contributed by atoms with van der Waals surface area (Å²) < 4.78 is 28.7. The summed E-state index contributed by atoms with van der Waals surface area (Å²) in [5.74, 6) is 0. The van der Waals surface area contributed by atoms with Gasteiger partial charge in [-0.25, -0.2) is 18.1 Å². The van der Waals surface area contributed by atoms with Crippen LogP contribution in [0.25, 0.3) is 0 Å². The fourth-order valence-corrected chi connectivity index (χ4v) is 3.05. The van der Waals surface area contributed by atoms with Crippen LogP contribution in [0.2, 0.25) is 0 Å². The van der Waals surface area contributed by atoms with E-state index in [1.165, 1.54) is 6.07 Å². The molecule has 1 N–H and O–H groups in total. The number of imidazole rings is 1. The third-order valence-corrected chi connectivity index (χ3v) is 4.43. The quantitative estimate of drug-likeness (QED) is 0.891. The third-order valence-electron chi connectivity index (χ3n) is 2.83. The van der Waals surface area contributed by atoms with Crippen molar-refractivity contribution in [3.05, 3.63) is 48.0 Å². The highest BCUT2D eigenvalue weighted by Crippen LogP contribution is 2.16. The number of benzene rings is 1. The lowest BCUT2D eigenvalue weighted by Gasteiger charge is -2.09. The van der Waals surface area contributed by atoms with Crippen molar-refractivity contribution in [2.45, 2.75) is 18.4 Å². The number of rotatable bonds is 5. The first kappa shape index (κ1) is 14.2. The molecule has 0 atom stereocenters. The zero-order valence-electron chi connectivity index (χ0n) is 10.9. The predicted molar refractivity (Wildman–Crippen MR) is 73.3 cm³/mol. The Bertz CT molecular complexity index is 730. The second kappa shape index (κ2) is 5.86. The van der Waals surface area contributed by atoms with Gasteiger partial charge in [-0.1, -0.05) is 6.07 Å². The summed E-state index contributed by atoms with van der Waals surface area (Å²) in [4.78, 5) is 4.02. The Balaban J connectivity index is 2.12. The number of aryl methyl sites for hydroxylation is 1. The summed E-state index contributed by atoms with van der Waals surface area (Å²) in [6.45, 7) is 2.46. The number of sulfonamides is 1. The number of nitrogens with one attached hydrogen (secondary N) is 1. The van der Waals surface area contributed by atoms with E-state index in [-0.39, 0.29) is 11.4 Å². The van der Waals surface area contributed by atoms with Gasteiger partial charge < -0.3 is 4.57 Å². The minimum atomic E-state index is -3.61. The summed E-state index contributed by atoms with van der Waals surface area (Å²) >= 11 is 0. The van der Waals surface area contributed by atoms with Crippen molar-refractivity contribution < 1.29 is 8.42 Å². The molecule has 6 nitrogen and oxygen atoms in total. The van der Waals surface area contributed by atoms with E-state index in [0.29, 0.717) is 17.7 Å². The van der Waals surface area contributed by atoms with Gasteiger partial charge in [-0.15, -0.1) is 0 Å². The summed E-state index contributed by atoms with van der Waals surface area (Å²) in [7, 11) is -3.61. The van der Waals surface area contributed by atoms with E-state index in [2.05, 4.69) is 9.71 Å². The maximum Gasteiger partial charge on any atom is 0.240 e. The fraction of sp³-hybridized carbons (Fsp3) is 0.231. The van der Waals surface area contributed by atoms with Gasteiger partial charge in [0.25, 0.3) is 0 Å². The number of hydrogen-bond donors (Lipinski definition) is 1. The van der Waals surface area contributed by atoms with Crippen LogP contribution in [0.1, 0.15) is 11.1 Å². The molecule has 20 heavy (non-hydrogen) atoms. The van der Waals surface area contributed by atoms with Crippen LogP contribution in [0.5, 0.6) is 0 Å². The molecule has 0 bridgehead atoms. The van der Waals surface area contributed by atoms with Gasteiger partial charge in [-0.2, -0.15) is 5.26 Å². The minimum absolute atomic E-state index is 0.141. The lowest BCUT2D eigenvalue weighted by Crippen LogP contribution is -2.27. The molecule has 0 saturated heterocycles. The molecule has 0 aliphatic carbocycles. The molecule has 0 radical (unpaired) electrons.